The lowest BCUT2D eigenvalue weighted by Gasteiger charge is -2.10. The van der Waals surface area contributed by atoms with Gasteiger partial charge in [0.1, 0.15) is 5.75 Å². The Labute approximate surface area is 127 Å². The molecule has 0 saturated carbocycles. The van der Waals surface area contributed by atoms with Crippen LogP contribution >= 0.6 is 22.6 Å². The molecule has 2 aromatic rings. The van der Waals surface area contributed by atoms with E-state index in [1.807, 2.05) is 36.4 Å². The van der Waals surface area contributed by atoms with Crippen molar-refractivity contribution in [1.29, 1.82) is 0 Å². The largest absolute Gasteiger partial charge is 0.439 e. The Morgan fingerprint density at radius 1 is 1.21 bits per heavy atom. The number of halogens is 1. The monoisotopic (exact) mass is 368 g/mol. The number of nitrogens with one attached hydrogen (secondary N) is 1. The van der Waals surface area contributed by atoms with Crippen molar-refractivity contribution >= 4 is 22.6 Å². The second-order valence-electron chi connectivity index (χ2n) is 4.20. The number of hydrogen-bond acceptors (Lipinski definition) is 3. The molecule has 0 amide bonds. The van der Waals surface area contributed by atoms with Gasteiger partial charge in [0.15, 0.2) is 0 Å². The Hall–Kier alpha value is -1.14. The number of nitrogens with zero attached hydrogens (tertiary/aromatic N) is 1. The van der Waals surface area contributed by atoms with E-state index >= 15 is 0 Å². The van der Waals surface area contributed by atoms with Gasteiger partial charge in [0.2, 0.25) is 5.88 Å². The summed E-state index contributed by atoms with van der Waals surface area (Å²) < 4.78 is 7.03. The van der Waals surface area contributed by atoms with Crippen LogP contribution in [0.1, 0.15) is 18.9 Å². The van der Waals surface area contributed by atoms with Gasteiger partial charge in [0, 0.05) is 21.9 Å². The van der Waals surface area contributed by atoms with Crippen LogP contribution in [0.25, 0.3) is 0 Å². The predicted molar refractivity (Wildman–Crippen MR) is 85.5 cm³/mol. The topological polar surface area (TPSA) is 34.2 Å². The van der Waals surface area contributed by atoms with Crippen LogP contribution in [0.2, 0.25) is 0 Å². The van der Waals surface area contributed by atoms with Gasteiger partial charge in [-0.1, -0.05) is 13.0 Å². The van der Waals surface area contributed by atoms with E-state index in [-0.39, 0.29) is 0 Å². The van der Waals surface area contributed by atoms with E-state index in [4.69, 9.17) is 4.74 Å². The highest BCUT2D eigenvalue weighted by molar-refractivity contribution is 14.1. The predicted octanol–water partition coefficient (Wildman–Crippen LogP) is 3.98. The summed E-state index contributed by atoms with van der Waals surface area (Å²) in [5.41, 5.74) is 1.08. The summed E-state index contributed by atoms with van der Waals surface area (Å²) in [5, 5.41) is 3.37. The fraction of sp³-hybridized carbons (Fsp3) is 0.267. The first kappa shape index (κ1) is 14.3. The highest BCUT2D eigenvalue weighted by atomic mass is 127. The standard InChI is InChI=1S/C15H17IN2O/c1-2-9-17-11-12-4-3-10-18-15(12)19-14-7-5-13(16)6-8-14/h3-8,10,17H,2,9,11H2,1H3. The van der Waals surface area contributed by atoms with E-state index in [0.29, 0.717) is 5.88 Å². The van der Waals surface area contributed by atoms with Crippen LogP contribution in [-0.2, 0) is 6.54 Å². The number of ether oxygens (including phenoxy) is 1. The maximum atomic E-state index is 5.84. The van der Waals surface area contributed by atoms with Crippen molar-refractivity contribution in [3.63, 3.8) is 0 Å². The van der Waals surface area contributed by atoms with Crippen LogP contribution < -0.4 is 10.1 Å². The highest BCUT2D eigenvalue weighted by Crippen LogP contribution is 2.23. The molecule has 2 rings (SSSR count). The van der Waals surface area contributed by atoms with E-state index in [2.05, 4.69) is 39.8 Å². The van der Waals surface area contributed by atoms with Gasteiger partial charge >= 0.3 is 0 Å². The lowest BCUT2D eigenvalue weighted by Crippen LogP contribution is -2.14. The van der Waals surface area contributed by atoms with Gasteiger partial charge in [0.05, 0.1) is 0 Å². The average Bonchev–Trinajstić information content (AvgIpc) is 2.43. The van der Waals surface area contributed by atoms with Gasteiger partial charge < -0.3 is 10.1 Å². The molecule has 100 valence electrons. The molecular formula is C15H17IN2O. The van der Waals surface area contributed by atoms with Crippen molar-refractivity contribution in [2.45, 2.75) is 19.9 Å². The Bertz CT molecular complexity index is 514. The first-order chi connectivity index (χ1) is 9.29. The third kappa shape index (κ3) is 4.47. The van der Waals surface area contributed by atoms with Crippen molar-refractivity contribution in [3.8, 4) is 11.6 Å². The van der Waals surface area contributed by atoms with Gasteiger partial charge in [-0.05, 0) is 65.9 Å². The van der Waals surface area contributed by atoms with Gasteiger partial charge in [0.25, 0.3) is 0 Å². The van der Waals surface area contributed by atoms with Gasteiger partial charge in [-0.15, -0.1) is 0 Å². The molecule has 0 radical (unpaired) electrons. The summed E-state index contributed by atoms with van der Waals surface area (Å²) in [6.07, 6.45) is 2.87. The summed E-state index contributed by atoms with van der Waals surface area (Å²) in [5.74, 6) is 1.49. The van der Waals surface area contributed by atoms with Crippen LogP contribution in [0, 0.1) is 3.57 Å². The summed E-state index contributed by atoms with van der Waals surface area (Å²) in [6.45, 7) is 3.93. The normalized spacial score (nSPS) is 10.4. The summed E-state index contributed by atoms with van der Waals surface area (Å²) in [4.78, 5) is 4.31. The Morgan fingerprint density at radius 2 is 2.00 bits per heavy atom. The Morgan fingerprint density at radius 3 is 2.74 bits per heavy atom. The molecule has 0 unspecified atom stereocenters. The van der Waals surface area contributed by atoms with Crippen LogP contribution in [0.5, 0.6) is 11.6 Å². The molecule has 0 bridgehead atoms. The molecule has 0 fully saturated rings. The molecule has 0 saturated heterocycles. The van der Waals surface area contributed by atoms with Crippen molar-refractivity contribution in [1.82, 2.24) is 10.3 Å². The summed E-state index contributed by atoms with van der Waals surface area (Å²) in [7, 11) is 0. The molecule has 19 heavy (non-hydrogen) atoms. The third-order valence-corrected chi connectivity index (χ3v) is 3.34. The Kier molecular flexibility index (Phi) is 5.60. The molecule has 0 aliphatic rings. The molecule has 0 aliphatic carbocycles. The van der Waals surface area contributed by atoms with Crippen molar-refractivity contribution in [2.24, 2.45) is 0 Å². The molecule has 3 nitrogen and oxygen atoms in total. The number of benzene rings is 1. The number of rotatable bonds is 6. The number of pyridine rings is 1. The smallest absolute Gasteiger partial charge is 0.223 e. The summed E-state index contributed by atoms with van der Waals surface area (Å²) in [6, 6.07) is 11.9. The summed E-state index contributed by atoms with van der Waals surface area (Å²) >= 11 is 2.28. The van der Waals surface area contributed by atoms with Crippen molar-refractivity contribution in [2.75, 3.05) is 6.54 Å². The maximum absolute atomic E-state index is 5.84. The quantitative estimate of drug-likeness (QED) is 0.619. The fourth-order valence-electron chi connectivity index (χ4n) is 1.66. The molecule has 1 N–H and O–H groups in total. The number of hydrogen-bond donors (Lipinski definition) is 1. The minimum absolute atomic E-state index is 0.673. The highest BCUT2D eigenvalue weighted by Gasteiger charge is 2.05. The molecule has 4 heteroatoms. The van der Waals surface area contributed by atoms with E-state index in [1.165, 1.54) is 3.57 Å². The number of aromatic nitrogens is 1. The Balaban J connectivity index is 2.08. The fourth-order valence-corrected chi connectivity index (χ4v) is 2.02. The van der Waals surface area contributed by atoms with Crippen molar-refractivity contribution < 1.29 is 4.74 Å². The van der Waals surface area contributed by atoms with E-state index in [0.717, 1.165) is 30.8 Å². The molecule has 1 aromatic carbocycles. The molecular weight excluding hydrogens is 351 g/mol. The minimum Gasteiger partial charge on any atom is -0.439 e. The van der Waals surface area contributed by atoms with E-state index < -0.39 is 0 Å². The first-order valence-corrected chi connectivity index (χ1v) is 7.45. The molecule has 0 spiro atoms. The van der Waals surface area contributed by atoms with Crippen LogP contribution in [0.4, 0.5) is 0 Å². The van der Waals surface area contributed by atoms with Crippen molar-refractivity contribution in [3.05, 3.63) is 51.7 Å². The zero-order valence-electron chi connectivity index (χ0n) is 10.9. The lowest BCUT2D eigenvalue weighted by atomic mass is 10.2. The van der Waals surface area contributed by atoms with Crippen LogP contribution in [-0.4, -0.2) is 11.5 Å². The maximum Gasteiger partial charge on any atom is 0.223 e. The second-order valence-corrected chi connectivity index (χ2v) is 5.45. The SMILES string of the molecule is CCCNCc1cccnc1Oc1ccc(I)cc1. The zero-order valence-corrected chi connectivity index (χ0v) is 13.1. The third-order valence-electron chi connectivity index (χ3n) is 2.62. The minimum atomic E-state index is 0.673. The van der Waals surface area contributed by atoms with Gasteiger partial charge in [-0.3, -0.25) is 0 Å². The molecule has 0 atom stereocenters. The van der Waals surface area contributed by atoms with E-state index in [9.17, 15) is 0 Å². The van der Waals surface area contributed by atoms with Gasteiger partial charge in [-0.2, -0.15) is 0 Å². The second kappa shape index (κ2) is 7.45. The lowest BCUT2D eigenvalue weighted by molar-refractivity contribution is 0.453. The van der Waals surface area contributed by atoms with Crippen LogP contribution in [0.3, 0.4) is 0 Å². The molecule has 0 aliphatic heterocycles. The first-order valence-electron chi connectivity index (χ1n) is 6.37. The van der Waals surface area contributed by atoms with Gasteiger partial charge in [-0.25, -0.2) is 4.98 Å². The van der Waals surface area contributed by atoms with E-state index in [1.54, 1.807) is 6.20 Å². The average molecular weight is 368 g/mol. The molecule has 1 aromatic heterocycles. The molecule has 1 heterocycles. The zero-order chi connectivity index (χ0) is 13.5. The van der Waals surface area contributed by atoms with Crippen LogP contribution in [0.15, 0.2) is 42.6 Å².